The second kappa shape index (κ2) is 9.43. The standard InChI is InChI=1S/C22H24ClN3/c23-20-12-11-19-10-9-18-7-1-2-8-21(18)26(22(19)17-20)16-6-5-15-25-14-4-3-13-24/h1-4,7-8,10,12,17,25H,5-6,9,11,14-16H2/b4-3+. The number of halogens is 1. The molecule has 0 saturated heterocycles. The zero-order chi connectivity index (χ0) is 18.2. The van der Waals surface area contributed by atoms with Crippen LogP contribution in [0.2, 0.25) is 0 Å². The first kappa shape index (κ1) is 18.5. The number of para-hydroxylation sites is 1. The number of hydrogen-bond acceptors (Lipinski definition) is 3. The highest BCUT2D eigenvalue weighted by molar-refractivity contribution is 6.31. The van der Waals surface area contributed by atoms with Gasteiger partial charge in [-0.1, -0.05) is 48.0 Å². The van der Waals surface area contributed by atoms with Crippen molar-refractivity contribution in [2.45, 2.75) is 25.7 Å². The summed E-state index contributed by atoms with van der Waals surface area (Å²) in [7, 11) is 0. The molecule has 4 heteroatoms. The first-order valence-electron chi connectivity index (χ1n) is 9.17. The summed E-state index contributed by atoms with van der Waals surface area (Å²) in [6.07, 6.45) is 14.0. The van der Waals surface area contributed by atoms with Crippen LogP contribution in [-0.4, -0.2) is 19.6 Å². The second-order valence-electron chi connectivity index (χ2n) is 6.48. The molecule has 0 radical (unpaired) electrons. The van der Waals surface area contributed by atoms with E-state index in [0.29, 0.717) is 0 Å². The number of nitriles is 1. The molecule has 3 rings (SSSR count). The zero-order valence-electron chi connectivity index (χ0n) is 14.9. The molecule has 26 heavy (non-hydrogen) atoms. The van der Waals surface area contributed by atoms with Gasteiger partial charge in [0.1, 0.15) is 0 Å². The van der Waals surface area contributed by atoms with Gasteiger partial charge >= 0.3 is 0 Å². The number of rotatable bonds is 7. The van der Waals surface area contributed by atoms with E-state index in [9.17, 15) is 0 Å². The van der Waals surface area contributed by atoms with E-state index in [4.69, 9.17) is 16.9 Å². The van der Waals surface area contributed by atoms with Crippen molar-refractivity contribution in [3.8, 4) is 6.07 Å². The Hall–Kier alpha value is -2.28. The summed E-state index contributed by atoms with van der Waals surface area (Å²) in [6, 6.07) is 10.7. The van der Waals surface area contributed by atoms with Crippen molar-refractivity contribution in [1.29, 1.82) is 5.26 Å². The Labute approximate surface area is 161 Å². The molecule has 0 aromatic heterocycles. The molecule has 0 saturated carbocycles. The average molecular weight is 366 g/mol. The van der Waals surface area contributed by atoms with Gasteiger partial charge in [0.2, 0.25) is 0 Å². The van der Waals surface area contributed by atoms with Crippen LogP contribution in [0.25, 0.3) is 0 Å². The molecule has 3 nitrogen and oxygen atoms in total. The van der Waals surface area contributed by atoms with Crippen molar-refractivity contribution in [3.63, 3.8) is 0 Å². The quantitative estimate of drug-likeness (QED) is 0.555. The van der Waals surface area contributed by atoms with Crippen LogP contribution in [0.5, 0.6) is 0 Å². The Morgan fingerprint density at radius 3 is 2.96 bits per heavy atom. The van der Waals surface area contributed by atoms with E-state index < -0.39 is 0 Å². The lowest BCUT2D eigenvalue weighted by molar-refractivity contribution is 0.651. The molecule has 0 fully saturated rings. The molecular formula is C22H24ClN3. The summed E-state index contributed by atoms with van der Waals surface area (Å²) in [6.45, 7) is 2.67. The van der Waals surface area contributed by atoms with E-state index in [1.165, 1.54) is 28.6 Å². The molecule has 1 aromatic carbocycles. The number of allylic oxidation sites excluding steroid dienone is 6. The fourth-order valence-corrected chi connectivity index (χ4v) is 3.58. The number of anilines is 1. The minimum absolute atomic E-state index is 0.749. The normalized spacial score (nSPS) is 16.2. The van der Waals surface area contributed by atoms with Crippen LogP contribution in [-0.2, 0) is 6.42 Å². The summed E-state index contributed by atoms with van der Waals surface area (Å²) in [5, 5.41) is 12.6. The first-order valence-corrected chi connectivity index (χ1v) is 9.55. The maximum absolute atomic E-state index is 8.47. The molecule has 0 atom stereocenters. The van der Waals surface area contributed by atoms with Gasteiger partial charge in [-0.05, 0) is 55.5 Å². The molecule has 1 aliphatic heterocycles. The van der Waals surface area contributed by atoms with E-state index in [1.54, 1.807) is 0 Å². The third-order valence-electron chi connectivity index (χ3n) is 4.70. The monoisotopic (exact) mass is 365 g/mol. The fourth-order valence-electron chi connectivity index (χ4n) is 3.40. The summed E-state index contributed by atoms with van der Waals surface area (Å²) < 4.78 is 0. The lowest BCUT2D eigenvalue weighted by atomic mass is 10.0. The number of nitrogens with one attached hydrogen (secondary N) is 1. The Morgan fingerprint density at radius 2 is 2.08 bits per heavy atom. The van der Waals surface area contributed by atoms with Crippen molar-refractivity contribution in [3.05, 3.63) is 76.5 Å². The summed E-state index contributed by atoms with van der Waals surface area (Å²) in [5.74, 6) is 0. The molecule has 2 aliphatic rings. The lowest BCUT2D eigenvalue weighted by Crippen LogP contribution is -2.26. The molecular weight excluding hydrogens is 342 g/mol. The zero-order valence-corrected chi connectivity index (χ0v) is 15.7. The molecule has 0 unspecified atom stereocenters. The highest BCUT2D eigenvalue weighted by Gasteiger charge is 2.22. The molecule has 1 N–H and O–H groups in total. The van der Waals surface area contributed by atoms with Crippen molar-refractivity contribution >= 4 is 17.3 Å². The Kier molecular flexibility index (Phi) is 6.71. The highest BCUT2D eigenvalue weighted by Crippen LogP contribution is 2.36. The lowest BCUT2D eigenvalue weighted by Gasteiger charge is -2.30. The molecule has 0 amide bonds. The minimum atomic E-state index is 0.749. The van der Waals surface area contributed by atoms with E-state index in [-0.39, 0.29) is 0 Å². The van der Waals surface area contributed by atoms with Crippen LogP contribution >= 0.6 is 11.6 Å². The van der Waals surface area contributed by atoms with E-state index in [2.05, 4.69) is 52.7 Å². The second-order valence-corrected chi connectivity index (χ2v) is 6.92. The number of benzene rings is 1. The van der Waals surface area contributed by atoms with Crippen molar-refractivity contribution in [2.75, 3.05) is 24.5 Å². The Morgan fingerprint density at radius 1 is 1.19 bits per heavy atom. The van der Waals surface area contributed by atoms with Gasteiger partial charge in [0, 0.05) is 35.6 Å². The molecule has 1 aliphatic carbocycles. The van der Waals surface area contributed by atoms with E-state index in [0.717, 1.165) is 50.3 Å². The SMILES string of the molecule is N#C/C=C/CNCCCCN1C2=CC(Cl)=CCC2=CCc2ccccc21. The van der Waals surface area contributed by atoms with Crippen LogP contribution in [0, 0.1) is 11.3 Å². The van der Waals surface area contributed by atoms with Crippen molar-refractivity contribution in [1.82, 2.24) is 5.32 Å². The van der Waals surface area contributed by atoms with Crippen molar-refractivity contribution < 1.29 is 0 Å². The van der Waals surface area contributed by atoms with E-state index in [1.807, 2.05) is 12.1 Å². The predicted molar refractivity (Wildman–Crippen MR) is 109 cm³/mol. The summed E-state index contributed by atoms with van der Waals surface area (Å²) in [5.41, 5.74) is 5.27. The van der Waals surface area contributed by atoms with Gasteiger partial charge in [-0.15, -0.1) is 0 Å². The molecule has 1 heterocycles. The number of unbranched alkanes of at least 4 members (excludes halogenated alkanes) is 1. The van der Waals surface area contributed by atoms with E-state index >= 15 is 0 Å². The fraction of sp³-hybridized carbons (Fsp3) is 0.318. The van der Waals surface area contributed by atoms with Crippen molar-refractivity contribution in [2.24, 2.45) is 0 Å². The highest BCUT2D eigenvalue weighted by atomic mass is 35.5. The number of nitrogens with zero attached hydrogens (tertiary/aromatic N) is 2. The number of fused-ring (bicyclic) bond motifs is 2. The van der Waals surface area contributed by atoms with Gasteiger partial charge in [-0.2, -0.15) is 5.26 Å². The van der Waals surface area contributed by atoms with Crippen LogP contribution in [0.1, 0.15) is 24.8 Å². The maximum Gasteiger partial charge on any atom is 0.0909 e. The Balaban J connectivity index is 1.66. The molecule has 0 spiro atoms. The third kappa shape index (κ3) is 4.66. The summed E-state index contributed by atoms with van der Waals surface area (Å²) in [4.78, 5) is 2.43. The van der Waals surface area contributed by atoms with Gasteiger partial charge < -0.3 is 10.2 Å². The minimum Gasteiger partial charge on any atom is -0.341 e. The first-order chi connectivity index (χ1) is 12.8. The van der Waals surface area contributed by atoms with Gasteiger partial charge in [0.15, 0.2) is 0 Å². The van der Waals surface area contributed by atoms with Crippen LogP contribution in [0.4, 0.5) is 5.69 Å². The van der Waals surface area contributed by atoms with Gasteiger partial charge in [0.05, 0.1) is 6.07 Å². The molecule has 134 valence electrons. The summed E-state index contributed by atoms with van der Waals surface area (Å²) >= 11 is 6.32. The largest absolute Gasteiger partial charge is 0.341 e. The molecule has 1 aromatic rings. The Bertz CT molecular complexity index is 796. The van der Waals surface area contributed by atoms with Crippen LogP contribution in [0.3, 0.4) is 0 Å². The smallest absolute Gasteiger partial charge is 0.0909 e. The average Bonchev–Trinajstić information content (AvgIpc) is 2.81. The predicted octanol–water partition coefficient (Wildman–Crippen LogP) is 4.84. The maximum atomic E-state index is 8.47. The molecule has 0 bridgehead atoms. The van der Waals surface area contributed by atoms with Crippen LogP contribution < -0.4 is 10.2 Å². The van der Waals surface area contributed by atoms with Gasteiger partial charge in [-0.25, -0.2) is 0 Å². The topological polar surface area (TPSA) is 39.1 Å². The number of hydrogen-bond donors (Lipinski definition) is 1. The van der Waals surface area contributed by atoms with Gasteiger partial charge in [-0.3, -0.25) is 0 Å². The third-order valence-corrected chi connectivity index (χ3v) is 4.97. The van der Waals surface area contributed by atoms with Gasteiger partial charge in [0.25, 0.3) is 0 Å². The van der Waals surface area contributed by atoms with Crippen LogP contribution in [0.15, 0.2) is 70.9 Å².